The second kappa shape index (κ2) is 8.52. The van der Waals surface area contributed by atoms with Crippen LogP contribution in [-0.2, 0) is 12.8 Å². The van der Waals surface area contributed by atoms with Crippen LogP contribution in [0.3, 0.4) is 0 Å². The average Bonchev–Trinajstić information content (AvgIpc) is 2.94. The van der Waals surface area contributed by atoms with E-state index >= 15 is 0 Å². The van der Waals surface area contributed by atoms with Crippen LogP contribution in [0.1, 0.15) is 48.9 Å². The molecule has 1 aromatic carbocycles. The molecule has 25 heavy (non-hydrogen) atoms. The number of fused-ring (bicyclic) bond motifs is 1. The molecule has 0 N–H and O–H groups in total. The van der Waals surface area contributed by atoms with Crippen molar-refractivity contribution in [1.82, 2.24) is 4.98 Å². The number of pyridine rings is 1. The lowest BCUT2D eigenvalue weighted by atomic mass is 10.0. The van der Waals surface area contributed by atoms with Gasteiger partial charge in [0.15, 0.2) is 0 Å². The smallest absolute Gasteiger partial charge is 0.101 e. The molecule has 0 saturated heterocycles. The topological polar surface area (TPSA) is 36.7 Å². The number of nitriles is 1. The molecule has 4 heteroatoms. The predicted molar refractivity (Wildman–Crippen MR) is 104 cm³/mol. The molecular weight excluding hydrogens is 351 g/mol. The highest BCUT2D eigenvalue weighted by molar-refractivity contribution is 6.34. The number of rotatable bonds is 7. The number of hydrogen-bond donors (Lipinski definition) is 0. The summed E-state index contributed by atoms with van der Waals surface area (Å²) in [5, 5.41) is 10.8. The number of unbranched alkanes of at least 4 members (excludes halogenated alkanes) is 3. The molecule has 1 aromatic heterocycles. The van der Waals surface area contributed by atoms with Crippen LogP contribution in [-0.4, -0.2) is 4.98 Å². The van der Waals surface area contributed by atoms with Crippen molar-refractivity contribution in [2.24, 2.45) is 0 Å². The Morgan fingerprint density at radius 3 is 2.44 bits per heavy atom. The Kier molecular flexibility index (Phi) is 6.13. The van der Waals surface area contributed by atoms with Gasteiger partial charge in [-0.1, -0.05) is 42.1 Å². The fraction of sp³-hybridized carbons (Fsp3) is 0.333. The molecule has 2 aromatic rings. The summed E-state index contributed by atoms with van der Waals surface area (Å²) in [5.74, 6) is 0. The van der Waals surface area contributed by atoms with Gasteiger partial charge in [-0.15, -0.1) is 0 Å². The Labute approximate surface area is 159 Å². The van der Waals surface area contributed by atoms with E-state index in [1.165, 1.54) is 29.5 Å². The molecule has 0 saturated carbocycles. The van der Waals surface area contributed by atoms with Gasteiger partial charge in [0.1, 0.15) is 6.07 Å². The summed E-state index contributed by atoms with van der Waals surface area (Å²) in [6.45, 7) is 0. The zero-order valence-electron chi connectivity index (χ0n) is 14.1. The maximum atomic E-state index is 9.43. The Hall–Kier alpha value is -1.82. The summed E-state index contributed by atoms with van der Waals surface area (Å²) in [6.07, 6.45) is 9.22. The van der Waals surface area contributed by atoms with Crippen LogP contribution in [0.4, 0.5) is 0 Å². The molecule has 0 spiro atoms. The maximum absolute atomic E-state index is 9.43. The van der Waals surface area contributed by atoms with Crippen molar-refractivity contribution in [3.63, 3.8) is 0 Å². The summed E-state index contributed by atoms with van der Waals surface area (Å²) >= 11 is 12.1. The van der Waals surface area contributed by atoms with E-state index in [1.54, 1.807) is 12.3 Å². The minimum absolute atomic E-state index is 0.702. The van der Waals surface area contributed by atoms with Gasteiger partial charge in [-0.25, -0.2) is 0 Å². The zero-order chi connectivity index (χ0) is 17.6. The van der Waals surface area contributed by atoms with E-state index in [2.05, 4.69) is 17.1 Å². The SMILES string of the molecule is N#CC1=C(CCCCCCc2cc(Cl)cc(Cl)c2)Cc2cccnc21. The fourth-order valence-corrected chi connectivity index (χ4v) is 3.99. The highest BCUT2D eigenvalue weighted by Crippen LogP contribution is 2.33. The third-order valence-electron chi connectivity index (χ3n) is 4.61. The van der Waals surface area contributed by atoms with Crippen LogP contribution in [0.15, 0.2) is 42.1 Å². The van der Waals surface area contributed by atoms with Crippen LogP contribution in [0.5, 0.6) is 0 Å². The largest absolute Gasteiger partial charge is 0.255 e. The zero-order valence-corrected chi connectivity index (χ0v) is 15.6. The molecule has 1 aliphatic rings. The molecular formula is C21H20Cl2N2. The van der Waals surface area contributed by atoms with Crippen molar-refractivity contribution in [2.45, 2.75) is 44.9 Å². The molecule has 128 valence electrons. The molecule has 0 unspecified atom stereocenters. The van der Waals surface area contributed by atoms with Gasteiger partial charge in [0.2, 0.25) is 0 Å². The lowest BCUT2D eigenvalue weighted by molar-refractivity contribution is 0.637. The second-order valence-electron chi connectivity index (χ2n) is 6.47. The highest BCUT2D eigenvalue weighted by atomic mass is 35.5. The normalized spacial score (nSPS) is 13.0. The van der Waals surface area contributed by atoms with E-state index < -0.39 is 0 Å². The first-order valence-corrected chi connectivity index (χ1v) is 9.44. The third kappa shape index (κ3) is 4.63. The molecule has 1 aliphatic carbocycles. The van der Waals surface area contributed by atoms with Gasteiger partial charge >= 0.3 is 0 Å². The van der Waals surface area contributed by atoms with Crippen LogP contribution in [0.2, 0.25) is 10.0 Å². The molecule has 3 rings (SSSR count). The first-order chi connectivity index (χ1) is 12.2. The van der Waals surface area contributed by atoms with E-state index in [4.69, 9.17) is 23.2 Å². The monoisotopic (exact) mass is 370 g/mol. The number of halogens is 2. The van der Waals surface area contributed by atoms with Gasteiger partial charge in [-0.3, -0.25) is 4.98 Å². The summed E-state index contributed by atoms with van der Waals surface area (Å²) in [6, 6.07) is 12.1. The Morgan fingerprint density at radius 1 is 1.00 bits per heavy atom. The second-order valence-corrected chi connectivity index (χ2v) is 7.34. The number of allylic oxidation sites excluding steroid dienone is 2. The van der Waals surface area contributed by atoms with Gasteiger partial charge in [0.25, 0.3) is 0 Å². The molecule has 0 bridgehead atoms. The summed E-state index contributed by atoms with van der Waals surface area (Å²) in [7, 11) is 0. The summed E-state index contributed by atoms with van der Waals surface area (Å²) < 4.78 is 0. The van der Waals surface area contributed by atoms with E-state index in [0.717, 1.165) is 43.4 Å². The van der Waals surface area contributed by atoms with E-state index in [1.807, 2.05) is 18.2 Å². The summed E-state index contributed by atoms with van der Waals surface area (Å²) in [4.78, 5) is 4.37. The number of benzene rings is 1. The molecule has 0 radical (unpaired) electrons. The number of hydrogen-bond acceptors (Lipinski definition) is 2. The van der Waals surface area contributed by atoms with Gasteiger partial charge in [-0.05, 0) is 73.1 Å². The van der Waals surface area contributed by atoms with Crippen molar-refractivity contribution in [3.05, 3.63) is 69.0 Å². The highest BCUT2D eigenvalue weighted by Gasteiger charge is 2.21. The number of aryl methyl sites for hydroxylation is 1. The number of nitrogens with zero attached hydrogens (tertiary/aromatic N) is 2. The van der Waals surface area contributed by atoms with Crippen molar-refractivity contribution in [1.29, 1.82) is 5.26 Å². The van der Waals surface area contributed by atoms with Crippen LogP contribution in [0.25, 0.3) is 5.57 Å². The van der Waals surface area contributed by atoms with Crippen LogP contribution < -0.4 is 0 Å². The van der Waals surface area contributed by atoms with Crippen molar-refractivity contribution >= 4 is 28.8 Å². The van der Waals surface area contributed by atoms with Gasteiger partial charge < -0.3 is 0 Å². The summed E-state index contributed by atoms with van der Waals surface area (Å²) in [5.41, 5.74) is 5.32. The Morgan fingerprint density at radius 2 is 1.72 bits per heavy atom. The molecule has 0 aliphatic heterocycles. The lowest BCUT2D eigenvalue weighted by Crippen LogP contribution is -1.89. The van der Waals surface area contributed by atoms with Crippen LogP contribution in [0, 0.1) is 11.3 Å². The average molecular weight is 371 g/mol. The van der Waals surface area contributed by atoms with Gasteiger partial charge in [0.05, 0.1) is 11.3 Å². The maximum Gasteiger partial charge on any atom is 0.101 e. The molecule has 2 nitrogen and oxygen atoms in total. The minimum atomic E-state index is 0.702. The molecule has 1 heterocycles. The fourth-order valence-electron chi connectivity index (χ4n) is 3.41. The van der Waals surface area contributed by atoms with Crippen molar-refractivity contribution in [3.8, 4) is 6.07 Å². The Balaban J connectivity index is 1.43. The number of aromatic nitrogens is 1. The van der Waals surface area contributed by atoms with Crippen LogP contribution >= 0.6 is 23.2 Å². The lowest BCUT2D eigenvalue weighted by Gasteiger charge is -2.05. The van der Waals surface area contributed by atoms with E-state index in [0.29, 0.717) is 10.0 Å². The molecule has 0 fully saturated rings. The van der Waals surface area contributed by atoms with Gasteiger partial charge in [0, 0.05) is 16.2 Å². The first-order valence-electron chi connectivity index (χ1n) is 8.68. The van der Waals surface area contributed by atoms with Crippen molar-refractivity contribution in [2.75, 3.05) is 0 Å². The predicted octanol–water partition coefficient (Wildman–Crippen LogP) is 6.41. The minimum Gasteiger partial charge on any atom is -0.255 e. The molecule has 0 amide bonds. The van der Waals surface area contributed by atoms with Crippen molar-refractivity contribution < 1.29 is 0 Å². The Bertz CT molecular complexity index is 814. The van der Waals surface area contributed by atoms with E-state index in [-0.39, 0.29) is 0 Å². The first kappa shape index (κ1) is 18.0. The quantitative estimate of drug-likeness (QED) is 0.527. The van der Waals surface area contributed by atoms with E-state index in [9.17, 15) is 5.26 Å². The standard InChI is InChI=1S/C21H20Cl2N2/c22-18-10-15(11-19(23)13-18)6-3-1-2-4-7-16-12-17-8-5-9-25-21(17)20(16)14-24/h5,8-11,13H,1-4,6-7,12H2. The molecule has 0 atom stereocenters. The van der Waals surface area contributed by atoms with Gasteiger partial charge in [-0.2, -0.15) is 5.26 Å². The third-order valence-corrected chi connectivity index (χ3v) is 5.05.